The third-order valence-corrected chi connectivity index (χ3v) is 2.52. The Bertz CT molecular complexity index is 213. The van der Waals surface area contributed by atoms with Gasteiger partial charge in [0.05, 0.1) is 6.26 Å². The average Bonchev–Trinajstić information content (AvgIpc) is 1.56. The number of hydrogen-bond acceptors (Lipinski definition) is 2. The first kappa shape index (κ1) is 10.9. The lowest BCUT2D eigenvalue weighted by Gasteiger charge is -2.24. The predicted molar refractivity (Wildman–Crippen MR) is 46.9 cm³/mol. The van der Waals surface area contributed by atoms with Gasteiger partial charge in [0.1, 0.15) is 0 Å². The lowest BCUT2D eigenvalue weighted by molar-refractivity contribution is 0.312. The van der Waals surface area contributed by atoms with Crippen LogP contribution in [-0.2, 0) is 10.0 Å². The first-order valence-corrected chi connectivity index (χ1v) is 5.39. The van der Waals surface area contributed by atoms with Crippen molar-refractivity contribution in [1.82, 2.24) is 4.31 Å². The average molecular weight is 179 g/mol. The van der Waals surface area contributed by atoms with Gasteiger partial charge in [0.2, 0.25) is 10.0 Å². The molecule has 3 nitrogen and oxygen atoms in total. The van der Waals surface area contributed by atoms with Gasteiger partial charge < -0.3 is 0 Å². The van der Waals surface area contributed by atoms with Crippen molar-refractivity contribution < 1.29 is 8.42 Å². The molecule has 0 aliphatic carbocycles. The van der Waals surface area contributed by atoms with Crippen LogP contribution in [0.2, 0.25) is 0 Å². The Kier molecular flexibility index (Phi) is 3.08. The maximum Gasteiger partial charge on any atom is 0.210 e. The second kappa shape index (κ2) is 3.11. The minimum atomic E-state index is -3.00. The molecule has 0 rings (SSSR count). The van der Waals surface area contributed by atoms with E-state index in [0.717, 1.165) is 0 Å². The minimum Gasteiger partial charge on any atom is -0.213 e. The molecule has 0 heterocycles. The highest BCUT2D eigenvalue weighted by molar-refractivity contribution is 7.88. The summed E-state index contributed by atoms with van der Waals surface area (Å²) < 4.78 is 23.2. The van der Waals surface area contributed by atoms with Crippen LogP contribution < -0.4 is 0 Å². The Hall–Kier alpha value is -0.0900. The second-order valence-corrected chi connectivity index (χ2v) is 6.17. The molecule has 4 heteroatoms. The largest absolute Gasteiger partial charge is 0.213 e. The standard InChI is InChI=1S/C7H17NO2S/c1-7(2,3)6-8(4)11(5,9)10/h6H2,1-5H3. The Labute approximate surface area is 69.4 Å². The molecular formula is C7H17NO2S. The smallest absolute Gasteiger partial charge is 0.210 e. The molecule has 0 saturated carbocycles. The molecule has 0 aromatic rings. The molecule has 0 radical (unpaired) electrons. The summed E-state index contributed by atoms with van der Waals surface area (Å²) in [4.78, 5) is 0. The molecule has 0 aromatic heterocycles. The molecule has 0 N–H and O–H groups in total. The van der Waals surface area contributed by atoms with Gasteiger partial charge in [0.25, 0.3) is 0 Å². The van der Waals surface area contributed by atoms with Gasteiger partial charge in [-0.25, -0.2) is 12.7 Å². The summed E-state index contributed by atoms with van der Waals surface area (Å²) in [5, 5.41) is 0. The normalized spacial score (nSPS) is 14.0. The summed E-state index contributed by atoms with van der Waals surface area (Å²) in [5.41, 5.74) is 0.0256. The van der Waals surface area contributed by atoms with Crippen LogP contribution in [0, 0.1) is 5.41 Å². The Morgan fingerprint density at radius 1 is 1.27 bits per heavy atom. The van der Waals surface area contributed by atoms with Gasteiger partial charge in [0, 0.05) is 13.6 Å². The molecule has 0 aromatic carbocycles. The van der Waals surface area contributed by atoms with E-state index in [1.54, 1.807) is 7.05 Å². The maximum atomic E-state index is 10.9. The summed E-state index contributed by atoms with van der Waals surface area (Å²) >= 11 is 0. The number of rotatable bonds is 2. The summed E-state index contributed by atoms with van der Waals surface area (Å²) in [6.45, 7) is 6.59. The van der Waals surface area contributed by atoms with Crippen molar-refractivity contribution in [1.29, 1.82) is 0 Å². The van der Waals surface area contributed by atoms with Gasteiger partial charge in [-0.05, 0) is 5.41 Å². The number of sulfonamides is 1. The van der Waals surface area contributed by atoms with Crippen molar-refractivity contribution in [3.63, 3.8) is 0 Å². The van der Waals surface area contributed by atoms with Crippen LogP contribution in [0.4, 0.5) is 0 Å². The van der Waals surface area contributed by atoms with Crippen molar-refractivity contribution in [3.05, 3.63) is 0 Å². The maximum absolute atomic E-state index is 10.9. The van der Waals surface area contributed by atoms with Crippen molar-refractivity contribution in [2.45, 2.75) is 20.8 Å². The quantitative estimate of drug-likeness (QED) is 0.632. The van der Waals surface area contributed by atoms with E-state index in [9.17, 15) is 8.42 Å². The molecule has 0 spiro atoms. The molecule has 0 bridgehead atoms. The highest BCUT2D eigenvalue weighted by Gasteiger charge is 2.18. The zero-order valence-corrected chi connectivity index (χ0v) is 8.70. The molecule has 0 atom stereocenters. The summed E-state index contributed by atoms with van der Waals surface area (Å²) in [6, 6.07) is 0. The molecule has 0 amide bonds. The lowest BCUT2D eigenvalue weighted by atomic mass is 9.97. The fourth-order valence-electron chi connectivity index (χ4n) is 0.785. The molecule has 0 unspecified atom stereocenters. The summed E-state index contributed by atoms with van der Waals surface area (Å²) in [5.74, 6) is 0. The molecule has 0 aliphatic rings. The van der Waals surface area contributed by atoms with Crippen LogP contribution in [0.25, 0.3) is 0 Å². The van der Waals surface area contributed by atoms with Crippen molar-refractivity contribution in [3.8, 4) is 0 Å². The van der Waals surface area contributed by atoms with Crippen LogP contribution in [0.3, 0.4) is 0 Å². The predicted octanol–water partition coefficient (Wildman–Crippen LogP) is 0.924. The van der Waals surface area contributed by atoms with Gasteiger partial charge in [-0.1, -0.05) is 20.8 Å². The fraction of sp³-hybridized carbons (Fsp3) is 1.00. The van der Waals surface area contributed by atoms with Gasteiger partial charge in [-0.15, -0.1) is 0 Å². The zero-order valence-electron chi connectivity index (χ0n) is 7.88. The van der Waals surface area contributed by atoms with Crippen LogP contribution in [0.5, 0.6) is 0 Å². The van der Waals surface area contributed by atoms with E-state index in [-0.39, 0.29) is 5.41 Å². The van der Waals surface area contributed by atoms with E-state index < -0.39 is 10.0 Å². The van der Waals surface area contributed by atoms with Crippen LogP contribution >= 0.6 is 0 Å². The van der Waals surface area contributed by atoms with E-state index in [4.69, 9.17) is 0 Å². The molecule has 0 fully saturated rings. The van der Waals surface area contributed by atoms with Gasteiger partial charge >= 0.3 is 0 Å². The lowest BCUT2D eigenvalue weighted by Crippen LogP contribution is -2.33. The van der Waals surface area contributed by atoms with E-state index in [1.807, 2.05) is 20.8 Å². The second-order valence-electron chi connectivity index (χ2n) is 4.08. The summed E-state index contributed by atoms with van der Waals surface area (Å²) in [7, 11) is -1.40. The summed E-state index contributed by atoms with van der Waals surface area (Å²) in [6.07, 6.45) is 1.22. The topological polar surface area (TPSA) is 37.4 Å². The first-order chi connectivity index (χ1) is 4.63. The third-order valence-electron chi connectivity index (χ3n) is 1.26. The minimum absolute atomic E-state index is 0.0256. The Morgan fingerprint density at radius 2 is 1.64 bits per heavy atom. The first-order valence-electron chi connectivity index (χ1n) is 3.54. The Balaban J connectivity index is 4.22. The molecule has 0 aliphatic heterocycles. The third kappa shape index (κ3) is 5.21. The van der Waals surface area contributed by atoms with Crippen molar-refractivity contribution in [2.75, 3.05) is 19.8 Å². The van der Waals surface area contributed by atoms with Crippen LogP contribution in [0.15, 0.2) is 0 Å². The van der Waals surface area contributed by atoms with E-state index in [1.165, 1.54) is 10.6 Å². The Morgan fingerprint density at radius 3 is 1.73 bits per heavy atom. The van der Waals surface area contributed by atoms with Crippen molar-refractivity contribution >= 4 is 10.0 Å². The molecule has 11 heavy (non-hydrogen) atoms. The van der Waals surface area contributed by atoms with E-state index in [0.29, 0.717) is 6.54 Å². The van der Waals surface area contributed by atoms with E-state index >= 15 is 0 Å². The van der Waals surface area contributed by atoms with Crippen molar-refractivity contribution in [2.24, 2.45) is 5.41 Å². The van der Waals surface area contributed by atoms with Crippen LogP contribution in [0.1, 0.15) is 20.8 Å². The van der Waals surface area contributed by atoms with Gasteiger partial charge in [0.15, 0.2) is 0 Å². The van der Waals surface area contributed by atoms with Gasteiger partial charge in [-0.3, -0.25) is 0 Å². The van der Waals surface area contributed by atoms with Crippen LogP contribution in [-0.4, -0.2) is 32.6 Å². The molecule has 68 valence electrons. The number of nitrogens with zero attached hydrogens (tertiary/aromatic N) is 1. The van der Waals surface area contributed by atoms with E-state index in [2.05, 4.69) is 0 Å². The number of hydrogen-bond donors (Lipinski definition) is 0. The highest BCUT2D eigenvalue weighted by Crippen LogP contribution is 2.15. The SMILES string of the molecule is CN(CC(C)(C)C)S(C)(=O)=O. The molecular weight excluding hydrogens is 162 g/mol. The monoisotopic (exact) mass is 179 g/mol. The highest BCUT2D eigenvalue weighted by atomic mass is 32.2. The fourth-order valence-corrected chi connectivity index (χ4v) is 1.41. The molecule has 0 saturated heterocycles. The zero-order chi connectivity index (χ0) is 9.28. The van der Waals surface area contributed by atoms with Gasteiger partial charge in [-0.2, -0.15) is 0 Å².